The van der Waals surface area contributed by atoms with Crippen molar-refractivity contribution >= 4 is 23.5 Å². The number of nitrogens with zero attached hydrogens (tertiary/aromatic N) is 2. The number of nitriles is 1. The van der Waals surface area contributed by atoms with Gasteiger partial charge in [0.1, 0.15) is 23.0 Å². The molecule has 1 aliphatic carbocycles. The molecule has 162 valence electrons. The van der Waals surface area contributed by atoms with Gasteiger partial charge in [0.25, 0.3) is 11.8 Å². The van der Waals surface area contributed by atoms with Gasteiger partial charge in [-0.15, -0.1) is 0 Å². The normalized spacial score (nSPS) is 12.6. The number of rotatable bonds is 7. The summed E-state index contributed by atoms with van der Waals surface area (Å²) in [6.07, 6.45) is 5.32. The molecule has 1 aliphatic rings. The van der Waals surface area contributed by atoms with Crippen LogP contribution in [0.1, 0.15) is 44.9 Å². The van der Waals surface area contributed by atoms with Crippen molar-refractivity contribution in [2.75, 3.05) is 11.9 Å². The number of esters is 1. The van der Waals surface area contributed by atoms with Crippen LogP contribution in [0.25, 0.3) is 5.88 Å². The molecule has 2 aromatic heterocycles. The van der Waals surface area contributed by atoms with Crippen LogP contribution in [0.3, 0.4) is 0 Å². The minimum Gasteiger partial charge on any atom is -0.452 e. The first kappa shape index (κ1) is 20.9. The Morgan fingerprint density at radius 1 is 1.22 bits per heavy atom. The summed E-state index contributed by atoms with van der Waals surface area (Å²) >= 11 is 0. The molecule has 4 rings (SSSR count). The summed E-state index contributed by atoms with van der Waals surface area (Å²) in [5.41, 5.74) is 0.833. The molecule has 0 radical (unpaired) electrons. The van der Waals surface area contributed by atoms with Gasteiger partial charge in [0.15, 0.2) is 6.61 Å². The van der Waals surface area contributed by atoms with Crippen LogP contribution < -0.4 is 10.6 Å². The van der Waals surface area contributed by atoms with Gasteiger partial charge in [-0.25, -0.2) is 4.79 Å². The Hall–Kier alpha value is -4.32. The van der Waals surface area contributed by atoms with Gasteiger partial charge in [0.2, 0.25) is 5.88 Å². The number of anilines is 1. The van der Waals surface area contributed by atoms with Gasteiger partial charge < -0.3 is 19.8 Å². The van der Waals surface area contributed by atoms with E-state index in [4.69, 9.17) is 9.15 Å². The Bertz CT molecular complexity index is 1220. The average Bonchev–Trinajstić information content (AvgIpc) is 3.30. The third-order valence-corrected chi connectivity index (χ3v) is 4.88. The Balaban J connectivity index is 1.39. The lowest BCUT2D eigenvalue weighted by Crippen LogP contribution is -2.25. The molecule has 2 amide bonds. The van der Waals surface area contributed by atoms with Gasteiger partial charge in [0, 0.05) is 29.7 Å². The fraction of sp³-hybridized carbons (Fsp3) is 0.217. The van der Waals surface area contributed by atoms with Gasteiger partial charge in [-0.2, -0.15) is 5.26 Å². The molecule has 0 aliphatic heterocycles. The Morgan fingerprint density at radius 2 is 1.97 bits per heavy atom. The Labute approximate surface area is 183 Å². The molecule has 0 bridgehead atoms. The van der Waals surface area contributed by atoms with E-state index in [9.17, 15) is 19.6 Å². The molecule has 2 heterocycles. The number of amides is 2. The van der Waals surface area contributed by atoms with E-state index in [1.807, 2.05) is 6.07 Å². The molecule has 0 unspecified atom stereocenters. The summed E-state index contributed by atoms with van der Waals surface area (Å²) in [4.78, 5) is 37.0. The Kier molecular flexibility index (Phi) is 5.77. The number of carbonyl (C=O) groups is 3. The fourth-order valence-electron chi connectivity index (χ4n) is 3.17. The molecule has 0 saturated heterocycles. The fourth-order valence-corrected chi connectivity index (χ4v) is 3.17. The van der Waals surface area contributed by atoms with Crippen molar-refractivity contribution in [1.29, 1.82) is 5.26 Å². The molecule has 1 saturated carbocycles. The molecule has 0 spiro atoms. The van der Waals surface area contributed by atoms with Crippen LogP contribution >= 0.6 is 0 Å². The van der Waals surface area contributed by atoms with Crippen molar-refractivity contribution in [3.63, 3.8) is 0 Å². The monoisotopic (exact) mass is 432 g/mol. The van der Waals surface area contributed by atoms with E-state index in [1.165, 1.54) is 0 Å². The molecule has 9 heteroatoms. The topological polar surface area (TPSA) is 126 Å². The van der Waals surface area contributed by atoms with Gasteiger partial charge >= 0.3 is 5.97 Å². The molecule has 1 fully saturated rings. The number of hydrogen-bond donors (Lipinski definition) is 2. The van der Waals surface area contributed by atoms with E-state index in [2.05, 4.69) is 10.6 Å². The number of nitrogens with one attached hydrogen (secondary N) is 2. The second kappa shape index (κ2) is 8.81. The summed E-state index contributed by atoms with van der Waals surface area (Å²) < 4.78 is 12.2. The molecule has 3 aromatic rings. The van der Waals surface area contributed by atoms with Gasteiger partial charge in [-0.1, -0.05) is 6.07 Å². The lowest BCUT2D eigenvalue weighted by molar-refractivity contribution is -0.119. The van der Waals surface area contributed by atoms with Crippen LogP contribution in [-0.2, 0) is 9.53 Å². The highest BCUT2D eigenvalue weighted by Crippen LogP contribution is 2.26. The average molecular weight is 432 g/mol. The summed E-state index contributed by atoms with van der Waals surface area (Å²) in [6, 6.07) is 12.2. The highest BCUT2D eigenvalue weighted by Gasteiger charge is 2.26. The van der Waals surface area contributed by atoms with Crippen LogP contribution in [0.2, 0.25) is 0 Å². The highest BCUT2D eigenvalue weighted by atomic mass is 16.5. The lowest BCUT2D eigenvalue weighted by Gasteiger charge is -2.08. The maximum absolute atomic E-state index is 12.6. The third-order valence-electron chi connectivity index (χ3n) is 4.88. The van der Waals surface area contributed by atoms with E-state index >= 15 is 0 Å². The van der Waals surface area contributed by atoms with Crippen LogP contribution in [0.4, 0.5) is 5.69 Å². The first-order valence-electron chi connectivity index (χ1n) is 10.0. The zero-order valence-electron chi connectivity index (χ0n) is 17.3. The first-order chi connectivity index (χ1) is 15.5. The number of carbonyl (C=O) groups excluding carboxylic acids is 3. The van der Waals surface area contributed by atoms with Crippen molar-refractivity contribution < 1.29 is 23.5 Å². The molecular weight excluding hydrogens is 412 g/mol. The maximum atomic E-state index is 12.6. The maximum Gasteiger partial charge on any atom is 0.343 e. The summed E-state index contributed by atoms with van der Waals surface area (Å²) in [6.45, 7) is 0.981. The van der Waals surface area contributed by atoms with Crippen LogP contribution in [0, 0.1) is 18.3 Å². The number of furan rings is 1. The predicted molar refractivity (Wildman–Crippen MR) is 113 cm³/mol. The van der Waals surface area contributed by atoms with E-state index < -0.39 is 18.5 Å². The largest absolute Gasteiger partial charge is 0.452 e. The third kappa shape index (κ3) is 4.54. The number of benzene rings is 1. The van der Waals surface area contributed by atoms with Gasteiger partial charge in [-0.3, -0.25) is 14.2 Å². The van der Waals surface area contributed by atoms with Crippen molar-refractivity contribution in [3.8, 4) is 12.0 Å². The van der Waals surface area contributed by atoms with Crippen LogP contribution in [0.15, 0.2) is 53.2 Å². The quantitative estimate of drug-likeness (QED) is 0.553. The standard InChI is InChI=1S/C23H20N4O5/c1-14-20(18(12-24)22(32-14)27-9-2-3-10-27)23(30)31-13-19(28)25-17-6-4-5-15(11-17)21(29)26-16-7-8-16/h2-6,9-11,16H,7-8,13H2,1H3,(H,25,28)(H,26,29). The van der Waals surface area contributed by atoms with E-state index in [0.29, 0.717) is 11.3 Å². The molecular formula is C23H20N4O5. The molecule has 32 heavy (non-hydrogen) atoms. The van der Waals surface area contributed by atoms with E-state index in [-0.39, 0.29) is 34.7 Å². The van der Waals surface area contributed by atoms with Gasteiger partial charge in [0.05, 0.1) is 0 Å². The van der Waals surface area contributed by atoms with E-state index in [1.54, 1.807) is 60.3 Å². The number of aromatic nitrogens is 1. The van der Waals surface area contributed by atoms with Crippen molar-refractivity contribution in [1.82, 2.24) is 9.88 Å². The summed E-state index contributed by atoms with van der Waals surface area (Å²) in [5.74, 6) is -1.21. The zero-order chi connectivity index (χ0) is 22.7. The summed E-state index contributed by atoms with van der Waals surface area (Å²) in [7, 11) is 0. The second-order valence-corrected chi connectivity index (χ2v) is 7.37. The first-order valence-corrected chi connectivity index (χ1v) is 10.0. The lowest BCUT2D eigenvalue weighted by atomic mass is 10.1. The van der Waals surface area contributed by atoms with Crippen LogP contribution in [0.5, 0.6) is 0 Å². The van der Waals surface area contributed by atoms with Gasteiger partial charge in [-0.05, 0) is 50.1 Å². The van der Waals surface area contributed by atoms with E-state index in [0.717, 1.165) is 12.8 Å². The van der Waals surface area contributed by atoms with Crippen molar-refractivity contribution in [2.45, 2.75) is 25.8 Å². The molecule has 1 aromatic carbocycles. The highest BCUT2D eigenvalue weighted by molar-refractivity contribution is 5.99. The summed E-state index contributed by atoms with van der Waals surface area (Å²) in [5, 5.41) is 15.0. The predicted octanol–water partition coefficient (Wildman–Crippen LogP) is 2.94. The minimum absolute atomic E-state index is 0.0252. The number of hydrogen-bond acceptors (Lipinski definition) is 6. The number of ether oxygens (including phenoxy) is 1. The minimum atomic E-state index is -0.839. The molecule has 2 N–H and O–H groups in total. The van der Waals surface area contributed by atoms with Crippen molar-refractivity contribution in [3.05, 3.63) is 71.2 Å². The second-order valence-electron chi connectivity index (χ2n) is 7.37. The van der Waals surface area contributed by atoms with Crippen LogP contribution in [-0.4, -0.2) is 35.0 Å². The Morgan fingerprint density at radius 3 is 2.66 bits per heavy atom. The zero-order valence-corrected chi connectivity index (χ0v) is 17.3. The van der Waals surface area contributed by atoms with Crippen molar-refractivity contribution in [2.24, 2.45) is 0 Å². The molecule has 9 nitrogen and oxygen atoms in total. The smallest absolute Gasteiger partial charge is 0.343 e. The number of aryl methyl sites for hydroxylation is 1. The molecule has 0 atom stereocenters. The SMILES string of the molecule is Cc1oc(-n2cccc2)c(C#N)c1C(=O)OCC(=O)Nc1cccc(C(=O)NC2CC2)c1.